The summed E-state index contributed by atoms with van der Waals surface area (Å²) in [5, 5.41) is 0. The molecule has 0 aromatic carbocycles. The molecular weight excluding hydrogens is 276 g/mol. The summed E-state index contributed by atoms with van der Waals surface area (Å²) in [7, 11) is 2.13. The van der Waals surface area contributed by atoms with Crippen LogP contribution in [0.25, 0.3) is 0 Å². The van der Waals surface area contributed by atoms with Crippen molar-refractivity contribution in [1.82, 2.24) is 9.80 Å². The summed E-state index contributed by atoms with van der Waals surface area (Å²) in [6.45, 7) is 20.4. The highest BCUT2D eigenvalue weighted by Crippen LogP contribution is 2.11. The molecule has 1 aliphatic heterocycles. The predicted octanol–water partition coefficient (Wildman–Crippen LogP) is 4.76. The van der Waals surface area contributed by atoms with E-state index in [4.69, 9.17) is 0 Å². The molecule has 0 aromatic heterocycles. The average molecular weight is 317 g/mol. The van der Waals surface area contributed by atoms with Gasteiger partial charge in [-0.2, -0.15) is 11.8 Å². The molecule has 0 spiro atoms. The van der Waals surface area contributed by atoms with Crippen LogP contribution in [-0.4, -0.2) is 60.1 Å². The largest absolute Gasteiger partial charge is 0.304 e. The number of hydrogen-bond donors (Lipinski definition) is 0. The van der Waals surface area contributed by atoms with Crippen molar-refractivity contribution >= 4 is 11.8 Å². The van der Waals surface area contributed by atoms with Gasteiger partial charge in [-0.05, 0) is 59.9 Å². The Hall–Kier alpha value is 0.0100. The Morgan fingerprint density at radius 1 is 1.14 bits per heavy atom. The van der Waals surface area contributed by atoms with E-state index in [1.54, 1.807) is 0 Å². The molecule has 0 bridgehead atoms. The van der Waals surface area contributed by atoms with Gasteiger partial charge in [-0.25, -0.2) is 0 Å². The van der Waals surface area contributed by atoms with Crippen molar-refractivity contribution in [2.24, 2.45) is 0 Å². The van der Waals surface area contributed by atoms with Crippen LogP contribution in [0.5, 0.6) is 0 Å². The first-order chi connectivity index (χ1) is 9.99. The second-order valence-electron chi connectivity index (χ2n) is 5.75. The van der Waals surface area contributed by atoms with Crippen molar-refractivity contribution in [3.63, 3.8) is 0 Å². The van der Waals surface area contributed by atoms with E-state index in [1.165, 1.54) is 31.0 Å². The zero-order chi connectivity index (χ0) is 16.7. The molecule has 0 aromatic rings. The smallest absolute Gasteiger partial charge is 0.00750 e. The topological polar surface area (TPSA) is 6.48 Å². The van der Waals surface area contributed by atoms with Gasteiger partial charge in [0.1, 0.15) is 0 Å². The van der Waals surface area contributed by atoms with Crippen LogP contribution in [0, 0.1) is 0 Å². The van der Waals surface area contributed by atoms with E-state index < -0.39 is 0 Å². The Bertz CT molecular complexity index is 209. The molecule has 21 heavy (non-hydrogen) atoms. The molecule has 0 saturated carbocycles. The SMILES string of the molecule is C=CCCN(C)C(C)C.CC.CC(C)N1CCCSCC1. The van der Waals surface area contributed by atoms with Crippen LogP contribution in [0.1, 0.15) is 54.4 Å². The summed E-state index contributed by atoms with van der Waals surface area (Å²) in [5.41, 5.74) is 0. The van der Waals surface area contributed by atoms with E-state index in [1.807, 2.05) is 19.9 Å². The highest BCUT2D eigenvalue weighted by molar-refractivity contribution is 7.99. The zero-order valence-corrected chi connectivity index (χ0v) is 16.5. The van der Waals surface area contributed by atoms with E-state index in [2.05, 4.69) is 62.9 Å². The first-order valence-corrected chi connectivity index (χ1v) is 9.77. The lowest BCUT2D eigenvalue weighted by Gasteiger charge is -2.23. The van der Waals surface area contributed by atoms with Crippen LogP contribution in [0.2, 0.25) is 0 Å². The lowest BCUT2D eigenvalue weighted by atomic mass is 10.3. The number of nitrogens with zero attached hydrogens (tertiary/aromatic N) is 2. The van der Waals surface area contributed by atoms with E-state index in [9.17, 15) is 0 Å². The lowest BCUT2D eigenvalue weighted by Crippen LogP contribution is -2.32. The molecular formula is C18H40N2S. The molecule has 128 valence electrons. The summed E-state index contributed by atoms with van der Waals surface area (Å²) in [5.74, 6) is 2.70. The molecule has 1 fully saturated rings. The highest BCUT2D eigenvalue weighted by Gasteiger charge is 2.10. The van der Waals surface area contributed by atoms with Gasteiger partial charge in [-0.3, -0.25) is 0 Å². The van der Waals surface area contributed by atoms with Crippen molar-refractivity contribution < 1.29 is 0 Å². The fourth-order valence-corrected chi connectivity index (χ4v) is 2.74. The summed E-state index contributed by atoms with van der Waals surface area (Å²) in [6, 6.07) is 1.41. The van der Waals surface area contributed by atoms with Gasteiger partial charge in [-0.1, -0.05) is 19.9 Å². The van der Waals surface area contributed by atoms with E-state index in [0.717, 1.165) is 19.0 Å². The molecule has 0 atom stereocenters. The van der Waals surface area contributed by atoms with Crippen molar-refractivity contribution in [1.29, 1.82) is 0 Å². The minimum Gasteiger partial charge on any atom is -0.304 e. The van der Waals surface area contributed by atoms with Crippen LogP contribution in [0.15, 0.2) is 12.7 Å². The molecule has 0 amide bonds. The quantitative estimate of drug-likeness (QED) is 0.675. The number of rotatable bonds is 5. The van der Waals surface area contributed by atoms with Crippen LogP contribution in [0.3, 0.4) is 0 Å². The fourth-order valence-electron chi connectivity index (χ4n) is 1.83. The highest BCUT2D eigenvalue weighted by atomic mass is 32.2. The van der Waals surface area contributed by atoms with Gasteiger partial charge in [0.2, 0.25) is 0 Å². The van der Waals surface area contributed by atoms with E-state index in [0.29, 0.717) is 6.04 Å². The molecule has 1 rings (SSSR count). The van der Waals surface area contributed by atoms with Gasteiger partial charge in [-0.15, -0.1) is 6.58 Å². The summed E-state index contributed by atoms with van der Waals surface area (Å²) < 4.78 is 0. The van der Waals surface area contributed by atoms with Gasteiger partial charge in [0.05, 0.1) is 0 Å². The maximum absolute atomic E-state index is 3.67. The predicted molar refractivity (Wildman–Crippen MR) is 103 cm³/mol. The van der Waals surface area contributed by atoms with E-state index >= 15 is 0 Å². The molecule has 1 heterocycles. The van der Waals surface area contributed by atoms with Crippen molar-refractivity contribution in [2.75, 3.05) is 38.2 Å². The van der Waals surface area contributed by atoms with Crippen molar-refractivity contribution in [3.8, 4) is 0 Å². The Morgan fingerprint density at radius 3 is 2.24 bits per heavy atom. The standard InChI is InChI=1S/C8H17NS.C8H17N.C2H6/c1-8(2)9-4-3-6-10-7-5-9;1-5-6-7-9(4)8(2)3;1-2/h8H,3-7H2,1-2H3;5,8H,1,6-7H2,2-4H3;1-2H3. The number of thioether (sulfide) groups is 1. The molecule has 0 unspecified atom stereocenters. The lowest BCUT2D eigenvalue weighted by molar-refractivity contribution is 0.240. The first-order valence-electron chi connectivity index (χ1n) is 8.62. The van der Waals surface area contributed by atoms with Gasteiger partial charge in [0.25, 0.3) is 0 Å². The van der Waals surface area contributed by atoms with Crippen molar-refractivity contribution in [3.05, 3.63) is 12.7 Å². The van der Waals surface area contributed by atoms with Gasteiger partial charge < -0.3 is 9.80 Å². The minimum atomic E-state index is 0.657. The molecule has 1 saturated heterocycles. The van der Waals surface area contributed by atoms with E-state index in [-0.39, 0.29) is 0 Å². The Kier molecular flexibility index (Phi) is 18.2. The molecule has 0 radical (unpaired) electrons. The summed E-state index contributed by atoms with van der Waals surface area (Å²) in [4.78, 5) is 4.88. The first kappa shape index (κ1) is 23.3. The van der Waals surface area contributed by atoms with Crippen LogP contribution in [-0.2, 0) is 0 Å². The van der Waals surface area contributed by atoms with Gasteiger partial charge in [0, 0.05) is 30.9 Å². The second kappa shape index (κ2) is 16.4. The zero-order valence-electron chi connectivity index (χ0n) is 15.7. The molecule has 3 heteroatoms. The third-order valence-corrected chi connectivity index (χ3v) is 4.60. The normalized spacial score (nSPS) is 15.9. The summed E-state index contributed by atoms with van der Waals surface area (Å²) >= 11 is 2.10. The minimum absolute atomic E-state index is 0.657. The van der Waals surface area contributed by atoms with Crippen LogP contribution < -0.4 is 0 Å². The van der Waals surface area contributed by atoms with Crippen LogP contribution >= 0.6 is 11.8 Å². The third kappa shape index (κ3) is 14.7. The molecule has 2 nitrogen and oxygen atoms in total. The fraction of sp³-hybridized carbons (Fsp3) is 0.889. The maximum atomic E-state index is 3.67. The molecule has 0 aliphatic carbocycles. The molecule has 0 N–H and O–H groups in total. The Morgan fingerprint density at radius 2 is 1.76 bits per heavy atom. The number of hydrogen-bond acceptors (Lipinski definition) is 3. The Labute approximate surface area is 139 Å². The average Bonchev–Trinajstić information content (AvgIpc) is 2.76. The molecule has 1 aliphatic rings. The Balaban J connectivity index is 0. The summed E-state index contributed by atoms with van der Waals surface area (Å²) in [6.07, 6.45) is 4.43. The maximum Gasteiger partial charge on any atom is 0.00750 e. The monoisotopic (exact) mass is 316 g/mol. The second-order valence-corrected chi connectivity index (χ2v) is 6.97. The third-order valence-electron chi connectivity index (χ3n) is 3.55. The van der Waals surface area contributed by atoms with Gasteiger partial charge in [0.15, 0.2) is 0 Å². The van der Waals surface area contributed by atoms with Gasteiger partial charge >= 0.3 is 0 Å². The van der Waals surface area contributed by atoms with Crippen LogP contribution in [0.4, 0.5) is 0 Å². The van der Waals surface area contributed by atoms with Crippen molar-refractivity contribution in [2.45, 2.75) is 66.5 Å².